The van der Waals surface area contributed by atoms with E-state index in [2.05, 4.69) is 13.8 Å². The van der Waals surface area contributed by atoms with Crippen LogP contribution >= 0.6 is 0 Å². The summed E-state index contributed by atoms with van der Waals surface area (Å²) in [6, 6.07) is 0. The summed E-state index contributed by atoms with van der Waals surface area (Å²) in [5.74, 6) is 1.35. The molecule has 0 heterocycles. The first kappa shape index (κ1) is 11.0. The molecule has 1 N–H and O–H groups in total. The highest BCUT2D eigenvalue weighted by Crippen LogP contribution is 2.32. The zero-order valence-corrected chi connectivity index (χ0v) is 9.13. The van der Waals surface area contributed by atoms with E-state index in [0.717, 1.165) is 12.3 Å². The molecule has 0 aromatic heterocycles. The van der Waals surface area contributed by atoms with E-state index in [1.807, 2.05) is 0 Å². The minimum atomic E-state index is -0.00704. The van der Waals surface area contributed by atoms with Crippen molar-refractivity contribution in [2.45, 2.75) is 64.9 Å². The maximum absolute atomic E-state index is 9.98. The molecule has 1 saturated carbocycles. The van der Waals surface area contributed by atoms with Crippen LogP contribution in [0.4, 0.5) is 0 Å². The summed E-state index contributed by atoms with van der Waals surface area (Å²) >= 11 is 0. The van der Waals surface area contributed by atoms with Crippen LogP contribution < -0.4 is 0 Å². The van der Waals surface area contributed by atoms with Crippen molar-refractivity contribution in [2.24, 2.45) is 11.8 Å². The maximum atomic E-state index is 9.98. The van der Waals surface area contributed by atoms with Crippen LogP contribution in [0.3, 0.4) is 0 Å². The lowest BCUT2D eigenvalue weighted by molar-refractivity contribution is 0.0629. The SMILES string of the molecule is CCC(CC)[C@@H]1CCCCC[C@H]1O. The average Bonchev–Trinajstić information content (AvgIpc) is 2.34. The predicted molar refractivity (Wildman–Crippen MR) is 56.7 cm³/mol. The van der Waals surface area contributed by atoms with Gasteiger partial charge in [-0.05, 0) is 24.7 Å². The van der Waals surface area contributed by atoms with Gasteiger partial charge in [0.2, 0.25) is 0 Å². The smallest absolute Gasteiger partial charge is 0.0571 e. The first-order valence-corrected chi connectivity index (χ1v) is 5.97. The monoisotopic (exact) mass is 184 g/mol. The largest absolute Gasteiger partial charge is 0.393 e. The molecule has 1 rings (SSSR count). The second-order valence-electron chi connectivity index (χ2n) is 4.45. The van der Waals surface area contributed by atoms with Gasteiger partial charge in [-0.15, -0.1) is 0 Å². The van der Waals surface area contributed by atoms with Crippen LogP contribution in [-0.4, -0.2) is 11.2 Å². The van der Waals surface area contributed by atoms with E-state index >= 15 is 0 Å². The van der Waals surface area contributed by atoms with Gasteiger partial charge in [-0.2, -0.15) is 0 Å². The summed E-state index contributed by atoms with van der Waals surface area (Å²) in [7, 11) is 0. The Labute approximate surface area is 82.5 Å². The lowest BCUT2D eigenvalue weighted by atomic mass is 9.81. The molecule has 0 amide bonds. The molecule has 13 heavy (non-hydrogen) atoms. The molecule has 1 nitrogen and oxygen atoms in total. The number of aliphatic hydroxyl groups excluding tert-OH is 1. The van der Waals surface area contributed by atoms with Crippen molar-refractivity contribution in [1.82, 2.24) is 0 Å². The molecule has 0 saturated heterocycles. The standard InChI is InChI=1S/C12H24O/c1-3-10(4-2)11-8-6-5-7-9-12(11)13/h10-13H,3-9H2,1-2H3/t11-,12+/m0/s1. The number of hydrogen-bond acceptors (Lipinski definition) is 1. The second-order valence-corrected chi connectivity index (χ2v) is 4.45. The molecule has 0 aromatic carbocycles. The van der Waals surface area contributed by atoms with E-state index in [-0.39, 0.29) is 6.10 Å². The summed E-state index contributed by atoms with van der Waals surface area (Å²) in [6.07, 6.45) is 8.65. The van der Waals surface area contributed by atoms with Crippen LogP contribution in [0.1, 0.15) is 58.8 Å². The van der Waals surface area contributed by atoms with Gasteiger partial charge < -0.3 is 5.11 Å². The zero-order valence-electron chi connectivity index (χ0n) is 9.13. The van der Waals surface area contributed by atoms with Crippen molar-refractivity contribution < 1.29 is 5.11 Å². The molecule has 0 bridgehead atoms. The van der Waals surface area contributed by atoms with Crippen molar-refractivity contribution in [3.63, 3.8) is 0 Å². The number of aliphatic hydroxyl groups is 1. The fraction of sp³-hybridized carbons (Fsp3) is 1.00. The van der Waals surface area contributed by atoms with Gasteiger partial charge in [-0.1, -0.05) is 46.0 Å². The third kappa shape index (κ3) is 2.98. The maximum Gasteiger partial charge on any atom is 0.0571 e. The highest BCUT2D eigenvalue weighted by atomic mass is 16.3. The molecule has 0 spiro atoms. The quantitative estimate of drug-likeness (QED) is 0.667. The number of hydrogen-bond donors (Lipinski definition) is 1. The lowest BCUT2D eigenvalue weighted by Crippen LogP contribution is -2.26. The first-order chi connectivity index (χ1) is 6.29. The molecule has 0 aromatic rings. The minimum Gasteiger partial charge on any atom is -0.393 e. The normalized spacial score (nSPS) is 30.5. The molecule has 0 unspecified atom stereocenters. The highest BCUT2D eigenvalue weighted by Gasteiger charge is 2.26. The lowest BCUT2D eigenvalue weighted by Gasteiger charge is -2.28. The Balaban J connectivity index is 2.51. The van der Waals surface area contributed by atoms with Crippen molar-refractivity contribution in [3.8, 4) is 0 Å². The van der Waals surface area contributed by atoms with E-state index < -0.39 is 0 Å². The van der Waals surface area contributed by atoms with Crippen LogP contribution in [0, 0.1) is 11.8 Å². The van der Waals surface area contributed by atoms with E-state index in [1.165, 1.54) is 38.5 Å². The number of rotatable bonds is 3. The Morgan fingerprint density at radius 1 is 1.08 bits per heavy atom. The first-order valence-electron chi connectivity index (χ1n) is 5.97. The fourth-order valence-corrected chi connectivity index (χ4v) is 2.76. The second kappa shape index (κ2) is 5.64. The summed E-state index contributed by atoms with van der Waals surface area (Å²) in [5, 5.41) is 9.98. The van der Waals surface area contributed by atoms with Crippen LogP contribution in [0.25, 0.3) is 0 Å². The average molecular weight is 184 g/mol. The van der Waals surface area contributed by atoms with E-state index in [1.54, 1.807) is 0 Å². The van der Waals surface area contributed by atoms with Gasteiger partial charge in [0, 0.05) is 0 Å². The molecule has 0 aliphatic heterocycles. The topological polar surface area (TPSA) is 20.2 Å². The molecule has 1 fully saturated rings. The van der Waals surface area contributed by atoms with Crippen molar-refractivity contribution >= 4 is 0 Å². The van der Waals surface area contributed by atoms with Crippen molar-refractivity contribution in [2.75, 3.05) is 0 Å². The third-order valence-corrected chi connectivity index (χ3v) is 3.69. The van der Waals surface area contributed by atoms with Crippen LogP contribution in [-0.2, 0) is 0 Å². The van der Waals surface area contributed by atoms with E-state index in [4.69, 9.17) is 0 Å². The van der Waals surface area contributed by atoms with Gasteiger partial charge in [0.1, 0.15) is 0 Å². The fourth-order valence-electron chi connectivity index (χ4n) is 2.76. The Morgan fingerprint density at radius 3 is 2.31 bits per heavy atom. The van der Waals surface area contributed by atoms with Gasteiger partial charge in [0.05, 0.1) is 6.10 Å². The van der Waals surface area contributed by atoms with Gasteiger partial charge >= 0.3 is 0 Å². The Bertz CT molecular complexity index is 129. The molecular weight excluding hydrogens is 160 g/mol. The highest BCUT2D eigenvalue weighted by molar-refractivity contribution is 4.78. The van der Waals surface area contributed by atoms with Gasteiger partial charge in [-0.25, -0.2) is 0 Å². The molecule has 78 valence electrons. The van der Waals surface area contributed by atoms with E-state index in [9.17, 15) is 5.11 Å². The van der Waals surface area contributed by atoms with Crippen LogP contribution in [0.15, 0.2) is 0 Å². The molecular formula is C12H24O. The molecule has 1 aliphatic rings. The Kier molecular flexibility index (Phi) is 4.79. The molecule has 2 atom stereocenters. The minimum absolute atomic E-state index is 0.00704. The molecule has 1 aliphatic carbocycles. The molecule has 0 radical (unpaired) electrons. The van der Waals surface area contributed by atoms with Crippen molar-refractivity contribution in [1.29, 1.82) is 0 Å². The molecule has 1 heteroatoms. The zero-order chi connectivity index (χ0) is 9.68. The summed E-state index contributed by atoms with van der Waals surface area (Å²) in [4.78, 5) is 0. The van der Waals surface area contributed by atoms with E-state index in [0.29, 0.717) is 5.92 Å². The van der Waals surface area contributed by atoms with Crippen molar-refractivity contribution in [3.05, 3.63) is 0 Å². The van der Waals surface area contributed by atoms with Crippen LogP contribution in [0.2, 0.25) is 0 Å². The Morgan fingerprint density at radius 2 is 1.69 bits per heavy atom. The Hall–Kier alpha value is -0.0400. The van der Waals surface area contributed by atoms with Crippen LogP contribution in [0.5, 0.6) is 0 Å². The van der Waals surface area contributed by atoms with Gasteiger partial charge in [0.25, 0.3) is 0 Å². The summed E-state index contributed by atoms with van der Waals surface area (Å²) in [5.41, 5.74) is 0. The summed E-state index contributed by atoms with van der Waals surface area (Å²) in [6.45, 7) is 4.51. The van der Waals surface area contributed by atoms with Gasteiger partial charge in [-0.3, -0.25) is 0 Å². The summed E-state index contributed by atoms with van der Waals surface area (Å²) < 4.78 is 0. The third-order valence-electron chi connectivity index (χ3n) is 3.69. The predicted octanol–water partition coefficient (Wildman–Crippen LogP) is 3.36. The van der Waals surface area contributed by atoms with Gasteiger partial charge in [0.15, 0.2) is 0 Å².